The second-order valence-electron chi connectivity index (χ2n) is 6.84. The second kappa shape index (κ2) is 10.1. The van der Waals surface area contributed by atoms with Crippen molar-refractivity contribution in [1.82, 2.24) is 10.2 Å². The Hall–Kier alpha value is -1.14. The van der Waals surface area contributed by atoms with E-state index in [0.717, 1.165) is 42.6 Å². The highest BCUT2D eigenvalue weighted by Crippen LogP contribution is 2.26. The second-order valence-corrected chi connectivity index (χ2v) is 8.08. The molecule has 2 rings (SSSR count). The Labute approximate surface area is 164 Å². The zero-order chi connectivity index (χ0) is 18.2. The number of carbonyl (C=O) groups excluding carboxylic acids is 1. The van der Waals surface area contributed by atoms with Crippen molar-refractivity contribution in [2.45, 2.75) is 46.0 Å². The number of ether oxygens (including phenoxy) is 1. The molecular formula is C19H27BrN2O2S. The zero-order valence-electron chi connectivity index (χ0n) is 15.0. The first-order valence-corrected chi connectivity index (χ1v) is 10.2. The topological polar surface area (TPSA) is 41.6 Å². The molecule has 0 atom stereocenters. The van der Waals surface area contributed by atoms with Crippen molar-refractivity contribution in [3.63, 3.8) is 0 Å². The van der Waals surface area contributed by atoms with Crippen LogP contribution in [-0.4, -0.2) is 35.6 Å². The van der Waals surface area contributed by atoms with Crippen LogP contribution in [0.4, 0.5) is 0 Å². The molecule has 0 saturated carbocycles. The van der Waals surface area contributed by atoms with Gasteiger partial charge in [-0.05, 0) is 71.5 Å². The van der Waals surface area contributed by atoms with E-state index >= 15 is 0 Å². The molecule has 1 aliphatic heterocycles. The Balaban J connectivity index is 1.92. The number of hydrogen-bond acceptors (Lipinski definition) is 3. The fourth-order valence-electron chi connectivity index (χ4n) is 2.69. The van der Waals surface area contributed by atoms with Gasteiger partial charge in [0.2, 0.25) is 0 Å². The third-order valence-corrected chi connectivity index (χ3v) is 5.24. The summed E-state index contributed by atoms with van der Waals surface area (Å²) in [5.74, 6) is 1.18. The fourth-order valence-corrected chi connectivity index (χ4v) is 3.45. The lowest BCUT2D eigenvalue weighted by Crippen LogP contribution is -2.43. The summed E-state index contributed by atoms with van der Waals surface area (Å²) in [5, 5.41) is 3.38. The molecule has 1 fully saturated rings. The quantitative estimate of drug-likeness (QED) is 0.688. The van der Waals surface area contributed by atoms with E-state index in [9.17, 15) is 4.79 Å². The summed E-state index contributed by atoms with van der Waals surface area (Å²) in [6.45, 7) is 6.84. The number of nitrogens with zero attached hydrogens (tertiary/aromatic N) is 1. The van der Waals surface area contributed by atoms with Gasteiger partial charge >= 0.3 is 0 Å². The van der Waals surface area contributed by atoms with Crippen molar-refractivity contribution in [3.05, 3.63) is 28.2 Å². The maximum absolute atomic E-state index is 12.5. The van der Waals surface area contributed by atoms with E-state index in [1.807, 2.05) is 6.07 Å². The van der Waals surface area contributed by atoms with Crippen LogP contribution in [-0.2, 0) is 0 Å². The van der Waals surface area contributed by atoms with E-state index in [1.54, 1.807) is 12.1 Å². The van der Waals surface area contributed by atoms with Crippen molar-refractivity contribution in [3.8, 4) is 5.75 Å². The first-order chi connectivity index (χ1) is 12.0. The Morgan fingerprint density at radius 2 is 1.96 bits per heavy atom. The molecule has 0 unspecified atom stereocenters. The molecule has 1 aliphatic rings. The number of likely N-dealkylation sites (tertiary alicyclic amines) is 1. The molecule has 0 aromatic heterocycles. The number of carbonyl (C=O) groups is 1. The van der Waals surface area contributed by atoms with Crippen LogP contribution in [0, 0.1) is 5.92 Å². The van der Waals surface area contributed by atoms with E-state index in [0.29, 0.717) is 23.2 Å². The number of thiocarbonyl (C=S) groups is 1. The van der Waals surface area contributed by atoms with E-state index in [-0.39, 0.29) is 5.91 Å². The van der Waals surface area contributed by atoms with Gasteiger partial charge in [-0.2, -0.15) is 0 Å². The van der Waals surface area contributed by atoms with Crippen LogP contribution in [0.1, 0.15) is 56.3 Å². The van der Waals surface area contributed by atoms with Gasteiger partial charge in [-0.25, -0.2) is 0 Å². The standard InChI is InChI=1S/C19H27BrN2O2S/c1-14(2)9-12-24-17-8-7-15(13-16(17)20)18(23)21-19(25)22-10-5-3-4-6-11-22/h7-8,13-14H,3-6,9-12H2,1-2H3,(H,21,23,25). The highest BCUT2D eigenvalue weighted by Gasteiger charge is 2.16. The minimum Gasteiger partial charge on any atom is -0.492 e. The molecule has 0 radical (unpaired) electrons. The molecular weight excluding hydrogens is 400 g/mol. The van der Waals surface area contributed by atoms with Gasteiger partial charge in [0.25, 0.3) is 5.91 Å². The molecule has 1 N–H and O–H groups in total. The number of amides is 1. The predicted molar refractivity (Wildman–Crippen MR) is 109 cm³/mol. The number of benzene rings is 1. The number of halogens is 1. The summed E-state index contributed by atoms with van der Waals surface area (Å²) in [6.07, 6.45) is 5.73. The number of rotatable bonds is 5. The van der Waals surface area contributed by atoms with Crippen LogP contribution in [0.3, 0.4) is 0 Å². The molecule has 25 heavy (non-hydrogen) atoms. The molecule has 0 spiro atoms. The molecule has 0 bridgehead atoms. The van der Waals surface area contributed by atoms with Crippen LogP contribution >= 0.6 is 28.1 Å². The molecule has 138 valence electrons. The third kappa shape index (κ3) is 6.59. The van der Waals surface area contributed by atoms with E-state index < -0.39 is 0 Å². The van der Waals surface area contributed by atoms with Gasteiger partial charge in [-0.3, -0.25) is 10.1 Å². The molecule has 4 nitrogen and oxygen atoms in total. The number of hydrogen-bond donors (Lipinski definition) is 1. The predicted octanol–water partition coefficient (Wildman–Crippen LogP) is 4.76. The highest BCUT2D eigenvalue weighted by molar-refractivity contribution is 9.10. The SMILES string of the molecule is CC(C)CCOc1ccc(C(=O)NC(=S)N2CCCCCC2)cc1Br. The largest absolute Gasteiger partial charge is 0.492 e. The molecule has 1 aromatic carbocycles. The molecule has 1 saturated heterocycles. The van der Waals surface area contributed by atoms with Crippen molar-refractivity contribution >= 4 is 39.2 Å². The summed E-state index contributed by atoms with van der Waals surface area (Å²) in [7, 11) is 0. The van der Waals surface area contributed by atoms with Crippen molar-refractivity contribution in [2.75, 3.05) is 19.7 Å². The van der Waals surface area contributed by atoms with E-state index in [2.05, 4.69) is 40.0 Å². The average molecular weight is 427 g/mol. The summed E-state index contributed by atoms with van der Waals surface area (Å²) in [6, 6.07) is 5.38. The van der Waals surface area contributed by atoms with Crippen LogP contribution in [0.15, 0.2) is 22.7 Å². The molecule has 1 heterocycles. The Morgan fingerprint density at radius 1 is 1.28 bits per heavy atom. The Morgan fingerprint density at radius 3 is 2.56 bits per heavy atom. The summed E-state index contributed by atoms with van der Waals surface area (Å²) >= 11 is 8.90. The fraction of sp³-hybridized carbons (Fsp3) is 0.579. The maximum atomic E-state index is 12.5. The molecule has 1 aromatic rings. The van der Waals surface area contributed by atoms with Crippen LogP contribution in [0.5, 0.6) is 5.75 Å². The Kier molecular flexibility index (Phi) is 8.16. The monoisotopic (exact) mass is 426 g/mol. The van der Waals surface area contributed by atoms with Crippen molar-refractivity contribution in [2.24, 2.45) is 5.92 Å². The average Bonchev–Trinajstić information content (AvgIpc) is 2.85. The highest BCUT2D eigenvalue weighted by atomic mass is 79.9. The lowest BCUT2D eigenvalue weighted by atomic mass is 10.1. The number of nitrogens with one attached hydrogen (secondary N) is 1. The zero-order valence-corrected chi connectivity index (χ0v) is 17.4. The van der Waals surface area contributed by atoms with Crippen molar-refractivity contribution < 1.29 is 9.53 Å². The van der Waals surface area contributed by atoms with Gasteiger partial charge in [-0.15, -0.1) is 0 Å². The third-order valence-electron chi connectivity index (χ3n) is 4.26. The smallest absolute Gasteiger partial charge is 0.257 e. The minimum absolute atomic E-state index is 0.177. The van der Waals surface area contributed by atoms with E-state index in [1.165, 1.54) is 12.8 Å². The molecule has 6 heteroatoms. The van der Waals surface area contributed by atoms with E-state index in [4.69, 9.17) is 17.0 Å². The molecule has 0 aliphatic carbocycles. The van der Waals surface area contributed by atoms with Gasteiger partial charge in [0.1, 0.15) is 5.75 Å². The van der Waals surface area contributed by atoms with Gasteiger partial charge in [0.15, 0.2) is 5.11 Å². The maximum Gasteiger partial charge on any atom is 0.257 e. The van der Waals surface area contributed by atoms with Crippen LogP contribution in [0.25, 0.3) is 0 Å². The van der Waals surface area contributed by atoms with Crippen molar-refractivity contribution in [1.29, 1.82) is 0 Å². The summed E-state index contributed by atoms with van der Waals surface area (Å²) in [4.78, 5) is 14.6. The minimum atomic E-state index is -0.177. The van der Waals surface area contributed by atoms with Gasteiger partial charge in [0, 0.05) is 18.7 Å². The van der Waals surface area contributed by atoms with Crippen LogP contribution in [0.2, 0.25) is 0 Å². The summed E-state index contributed by atoms with van der Waals surface area (Å²) in [5.41, 5.74) is 0.570. The first-order valence-electron chi connectivity index (χ1n) is 9.00. The first kappa shape index (κ1) is 20.2. The molecule has 1 amide bonds. The van der Waals surface area contributed by atoms with Crippen LogP contribution < -0.4 is 10.1 Å². The van der Waals surface area contributed by atoms with Gasteiger partial charge < -0.3 is 9.64 Å². The Bertz CT molecular complexity index is 599. The normalized spacial score (nSPS) is 15.0. The lowest BCUT2D eigenvalue weighted by Gasteiger charge is -2.23. The van der Waals surface area contributed by atoms with Gasteiger partial charge in [0.05, 0.1) is 11.1 Å². The lowest BCUT2D eigenvalue weighted by molar-refractivity contribution is 0.0973. The summed E-state index contributed by atoms with van der Waals surface area (Å²) < 4.78 is 6.54. The van der Waals surface area contributed by atoms with Gasteiger partial charge in [-0.1, -0.05) is 26.7 Å².